The topological polar surface area (TPSA) is 51.2 Å². The number of nitrogens with one attached hydrogen (secondary N) is 1. The molecule has 19 heavy (non-hydrogen) atoms. The first-order valence-corrected chi connectivity index (χ1v) is 6.17. The Kier molecular flexibility index (Phi) is 4.11. The molecular formula is C13H10BrFN2O2. The van der Waals surface area contributed by atoms with E-state index >= 15 is 0 Å². The molecular weight excluding hydrogens is 315 g/mol. The Bertz CT molecular complexity index is 619. The second-order valence-corrected chi connectivity index (χ2v) is 4.50. The van der Waals surface area contributed by atoms with Crippen molar-refractivity contribution < 1.29 is 13.9 Å². The van der Waals surface area contributed by atoms with Crippen molar-refractivity contribution in [3.05, 3.63) is 52.5 Å². The molecule has 1 heterocycles. The predicted octanol–water partition coefficient (Wildman–Crippen LogP) is 3.24. The zero-order chi connectivity index (χ0) is 13.8. The SMILES string of the molecule is COc1ccc(Br)c(NC(=O)c2cccc(F)n2)c1. The van der Waals surface area contributed by atoms with Crippen molar-refractivity contribution in [2.45, 2.75) is 0 Å². The van der Waals surface area contributed by atoms with E-state index in [0.717, 1.165) is 0 Å². The van der Waals surface area contributed by atoms with Crippen LogP contribution in [0.2, 0.25) is 0 Å². The van der Waals surface area contributed by atoms with Crippen LogP contribution in [0.15, 0.2) is 40.9 Å². The van der Waals surface area contributed by atoms with Gasteiger partial charge < -0.3 is 10.1 Å². The molecule has 4 nitrogen and oxygen atoms in total. The number of carbonyl (C=O) groups excluding carboxylic acids is 1. The van der Waals surface area contributed by atoms with Crippen LogP contribution in [0.25, 0.3) is 0 Å². The van der Waals surface area contributed by atoms with E-state index in [1.54, 1.807) is 18.2 Å². The third kappa shape index (κ3) is 3.29. The van der Waals surface area contributed by atoms with Gasteiger partial charge in [-0.3, -0.25) is 4.79 Å². The lowest BCUT2D eigenvalue weighted by molar-refractivity contribution is 0.102. The van der Waals surface area contributed by atoms with Crippen molar-refractivity contribution in [1.82, 2.24) is 4.98 Å². The molecule has 1 aromatic carbocycles. The van der Waals surface area contributed by atoms with E-state index in [1.165, 1.54) is 25.3 Å². The van der Waals surface area contributed by atoms with E-state index in [2.05, 4.69) is 26.2 Å². The van der Waals surface area contributed by atoms with Gasteiger partial charge in [-0.1, -0.05) is 6.07 Å². The highest BCUT2D eigenvalue weighted by atomic mass is 79.9. The maximum atomic E-state index is 12.9. The molecule has 0 unspecified atom stereocenters. The molecule has 0 atom stereocenters. The molecule has 0 radical (unpaired) electrons. The summed E-state index contributed by atoms with van der Waals surface area (Å²) < 4.78 is 18.7. The van der Waals surface area contributed by atoms with Crippen LogP contribution in [0.4, 0.5) is 10.1 Å². The number of amides is 1. The number of aromatic nitrogens is 1. The summed E-state index contributed by atoms with van der Waals surface area (Å²) in [4.78, 5) is 15.4. The molecule has 2 rings (SSSR count). The van der Waals surface area contributed by atoms with Gasteiger partial charge in [-0.25, -0.2) is 4.98 Å². The molecule has 6 heteroatoms. The van der Waals surface area contributed by atoms with Crippen LogP contribution < -0.4 is 10.1 Å². The highest BCUT2D eigenvalue weighted by Gasteiger charge is 2.11. The molecule has 98 valence electrons. The maximum absolute atomic E-state index is 12.9. The number of methoxy groups -OCH3 is 1. The van der Waals surface area contributed by atoms with Gasteiger partial charge in [0.1, 0.15) is 11.4 Å². The van der Waals surface area contributed by atoms with Crippen LogP contribution in [0, 0.1) is 5.95 Å². The van der Waals surface area contributed by atoms with Crippen molar-refractivity contribution in [3.63, 3.8) is 0 Å². The third-order valence-electron chi connectivity index (χ3n) is 2.37. The van der Waals surface area contributed by atoms with E-state index in [-0.39, 0.29) is 5.69 Å². The summed E-state index contributed by atoms with van der Waals surface area (Å²) in [5.41, 5.74) is 0.533. The van der Waals surface area contributed by atoms with Crippen molar-refractivity contribution in [2.24, 2.45) is 0 Å². The lowest BCUT2D eigenvalue weighted by atomic mass is 10.2. The summed E-state index contributed by atoms with van der Waals surface area (Å²) in [6, 6.07) is 9.19. The molecule has 1 N–H and O–H groups in total. The zero-order valence-electron chi connectivity index (χ0n) is 9.98. The minimum absolute atomic E-state index is 0.00900. The molecule has 1 amide bonds. The average molecular weight is 325 g/mol. The smallest absolute Gasteiger partial charge is 0.274 e. The number of benzene rings is 1. The van der Waals surface area contributed by atoms with Crippen LogP contribution in [0.1, 0.15) is 10.5 Å². The van der Waals surface area contributed by atoms with Crippen LogP contribution >= 0.6 is 15.9 Å². The molecule has 0 aliphatic carbocycles. The van der Waals surface area contributed by atoms with Crippen LogP contribution in [-0.2, 0) is 0 Å². The van der Waals surface area contributed by atoms with E-state index in [4.69, 9.17) is 4.74 Å². The second-order valence-electron chi connectivity index (χ2n) is 3.65. The Morgan fingerprint density at radius 3 is 2.84 bits per heavy atom. The molecule has 0 fully saturated rings. The minimum Gasteiger partial charge on any atom is -0.497 e. The Balaban J connectivity index is 2.23. The molecule has 0 bridgehead atoms. The largest absolute Gasteiger partial charge is 0.497 e. The fraction of sp³-hybridized carbons (Fsp3) is 0.0769. The van der Waals surface area contributed by atoms with Gasteiger partial charge in [-0.05, 0) is 40.2 Å². The van der Waals surface area contributed by atoms with E-state index in [0.29, 0.717) is 15.9 Å². The monoisotopic (exact) mass is 324 g/mol. The first-order valence-electron chi connectivity index (χ1n) is 5.37. The van der Waals surface area contributed by atoms with Crippen LogP contribution in [0.3, 0.4) is 0 Å². The van der Waals surface area contributed by atoms with E-state index in [1.807, 2.05) is 0 Å². The number of hydrogen-bond acceptors (Lipinski definition) is 3. The number of anilines is 1. The number of rotatable bonds is 3. The number of hydrogen-bond donors (Lipinski definition) is 1. The minimum atomic E-state index is -0.697. The summed E-state index contributed by atoms with van der Waals surface area (Å²) in [7, 11) is 1.53. The summed E-state index contributed by atoms with van der Waals surface area (Å²) in [6.07, 6.45) is 0. The number of carbonyl (C=O) groups is 1. The van der Waals surface area contributed by atoms with Crippen LogP contribution in [0.5, 0.6) is 5.75 Å². The first-order chi connectivity index (χ1) is 9.10. The molecule has 2 aromatic rings. The predicted molar refractivity (Wildman–Crippen MR) is 72.8 cm³/mol. The van der Waals surface area contributed by atoms with Gasteiger partial charge in [0.15, 0.2) is 0 Å². The van der Waals surface area contributed by atoms with Gasteiger partial charge in [0.25, 0.3) is 5.91 Å². The Morgan fingerprint density at radius 2 is 2.16 bits per heavy atom. The normalized spacial score (nSPS) is 10.1. The van der Waals surface area contributed by atoms with Crippen molar-refractivity contribution in [3.8, 4) is 5.75 Å². The van der Waals surface area contributed by atoms with Gasteiger partial charge in [0.2, 0.25) is 5.95 Å². The van der Waals surface area contributed by atoms with Gasteiger partial charge in [0, 0.05) is 10.5 Å². The Labute approximate surface area is 117 Å². The Hall–Kier alpha value is -1.95. The van der Waals surface area contributed by atoms with Gasteiger partial charge in [-0.15, -0.1) is 0 Å². The zero-order valence-corrected chi connectivity index (χ0v) is 11.6. The van der Waals surface area contributed by atoms with Crippen molar-refractivity contribution in [2.75, 3.05) is 12.4 Å². The van der Waals surface area contributed by atoms with Gasteiger partial charge in [-0.2, -0.15) is 4.39 Å². The van der Waals surface area contributed by atoms with E-state index in [9.17, 15) is 9.18 Å². The molecule has 0 aliphatic rings. The molecule has 0 saturated heterocycles. The molecule has 0 spiro atoms. The highest BCUT2D eigenvalue weighted by molar-refractivity contribution is 9.10. The van der Waals surface area contributed by atoms with Gasteiger partial charge in [0.05, 0.1) is 12.8 Å². The highest BCUT2D eigenvalue weighted by Crippen LogP contribution is 2.27. The Morgan fingerprint density at radius 1 is 1.37 bits per heavy atom. The fourth-order valence-electron chi connectivity index (χ4n) is 1.45. The molecule has 0 aliphatic heterocycles. The van der Waals surface area contributed by atoms with Crippen LogP contribution in [-0.4, -0.2) is 18.0 Å². The molecule has 1 aromatic heterocycles. The average Bonchev–Trinajstić information content (AvgIpc) is 2.41. The number of nitrogens with zero attached hydrogens (tertiary/aromatic N) is 1. The van der Waals surface area contributed by atoms with Gasteiger partial charge >= 0.3 is 0 Å². The lowest BCUT2D eigenvalue weighted by Crippen LogP contribution is -2.14. The number of pyridine rings is 1. The first kappa shape index (κ1) is 13.5. The second kappa shape index (κ2) is 5.79. The molecule has 0 saturated carbocycles. The fourth-order valence-corrected chi connectivity index (χ4v) is 1.79. The number of halogens is 2. The lowest BCUT2D eigenvalue weighted by Gasteiger charge is -2.08. The van der Waals surface area contributed by atoms with Crippen molar-refractivity contribution in [1.29, 1.82) is 0 Å². The summed E-state index contributed by atoms with van der Waals surface area (Å²) in [5, 5.41) is 2.63. The summed E-state index contributed by atoms with van der Waals surface area (Å²) in [5.74, 6) is -0.587. The van der Waals surface area contributed by atoms with E-state index < -0.39 is 11.9 Å². The number of ether oxygens (including phenoxy) is 1. The summed E-state index contributed by atoms with van der Waals surface area (Å²) >= 11 is 3.31. The quantitative estimate of drug-likeness (QED) is 0.882. The van der Waals surface area contributed by atoms with Crippen molar-refractivity contribution >= 4 is 27.5 Å². The third-order valence-corrected chi connectivity index (χ3v) is 3.06. The summed E-state index contributed by atoms with van der Waals surface area (Å²) in [6.45, 7) is 0. The standard InChI is InChI=1S/C13H10BrFN2O2/c1-19-8-5-6-9(14)11(7-8)17-13(18)10-3-2-4-12(15)16-10/h2-7H,1H3,(H,17,18). The maximum Gasteiger partial charge on any atom is 0.274 e.